The molecule has 0 atom stereocenters. The molecule has 0 bridgehead atoms. The van der Waals surface area contributed by atoms with Crippen LogP contribution in [-0.2, 0) is 4.79 Å². The summed E-state index contributed by atoms with van der Waals surface area (Å²) >= 11 is 0. The Bertz CT molecular complexity index is 799. The van der Waals surface area contributed by atoms with E-state index in [9.17, 15) is 4.79 Å². The van der Waals surface area contributed by atoms with Crippen molar-refractivity contribution in [1.82, 2.24) is 0 Å². The second-order valence-corrected chi connectivity index (χ2v) is 5.55. The average molecular weight is 354 g/mol. The number of hydrogen-bond acceptors (Lipinski definition) is 5. The smallest absolute Gasteiger partial charge is 0.226 e. The van der Waals surface area contributed by atoms with Crippen LogP contribution in [-0.4, -0.2) is 33.8 Å². The van der Waals surface area contributed by atoms with Crippen molar-refractivity contribution in [2.45, 2.75) is 12.8 Å². The summed E-state index contributed by atoms with van der Waals surface area (Å²) in [6.07, 6.45) is 0.897. The summed E-state index contributed by atoms with van der Waals surface area (Å²) in [5.41, 5.74) is 1.23. The molecule has 2 aromatic rings. The van der Waals surface area contributed by atoms with Gasteiger partial charge in [0.25, 0.3) is 0 Å². The molecule has 0 fully saturated rings. The molecule has 6 heteroatoms. The molecule has 0 saturated carbocycles. The number of nitrogens with zero attached hydrogens (tertiary/aromatic N) is 2. The van der Waals surface area contributed by atoms with Gasteiger partial charge in [-0.15, -0.1) is 0 Å². The monoisotopic (exact) mass is 354 g/mol. The standard InChI is InChI=1S/C20H22N2O4/c1-22(16-7-4-5-8-17(16)24-2)20(23)9-6-12-26-18-11-10-15(14-21)13-19(18)25-3/h4-5,7-8,10-11,13H,6,9,12H2,1-3H3. The van der Waals surface area contributed by atoms with E-state index in [-0.39, 0.29) is 5.91 Å². The van der Waals surface area contributed by atoms with Gasteiger partial charge in [0.15, 0.2) is 11.5 Å². The van der Waals surface area contributed by atoms with Crippen LogP contribution in [0.2, 0.25) is 0 Å². The highest BCUT2D eigenvalue weighted by Gasteiger charge is 2.14. The third-order valence-electron chi connectivity index (χ3n) is 3.91. The number of hydrogen-bond donors (Lipinski definition) is 0. The van der Waals surface area contributed by atoms with E-state index in [1.54, 1.807) is 37.3 Å². The quantitative estimate of drug-likeness (QED) is 0.680. The number of amides is 1. The van der Waals surface area contributed by atoms with Crippen molar-refractivity contribution in [1.29, 1.82) is 5.26 Å². The van der Waals surface area contributed by atoms with Gasteiger partial charge in [0.1, 0.15) is 5.75 Å². The van der Waals surface area contributed by atoms with Gasteiger partial charge >= 0.3 is 0 Å². The molecule has 26 heavy (non-hydrogen) atoms. The fraction of sp³-hybridized carbons (Fsp3) is 0.300. The fourth-order valence-electron chi connectivity index (χ4n) is 2.47. The van der Waals surface area contributed by atoms with Gasteiger partial charge in [-0.25, -0.2) is 0 Å². The molecule has 0 saturated heterocycles. The molecular formula is C20H22N2O4. The van der Waals surface area contributed by atoms with Crippen LogP contribution in [0.3, 0.4) is 0 Å². The summed E-state index contributed by atoms with van der Waals surface area (Å²) in [6, 6.07) is 14.4. The van der Waals surface area contributed by atoms with Crippen LogP contribution in [0.4, 0.5) is 5.69 Å². The molecule has 0 aliphatic heterocycles. The van der Waals surface area contributed by atoms with Crippen molar-refractivity contribution in [3.8, 4) is 23.3 Å². The zero-order valence-corrected chi connectivity index (χ0v) is 15.2. The predicted molar refractivity (Wildman–Crippen MR) is 98.8 cm³/mol. The molecule has 0 aliphatic carbocycles. The first-order valence-electron chi connectivity index (χ1n) is 8.21. The van der Waals surface area contributed by atoms with Crippen LogP contribution < -0.4 is 19.1 Å². The van der Waals surface area contributed by atoms with E-state index in [1.165, 1.54) is 7.11 Å². The summed E-state index contributed by atoms with van der Waals surface area (Å²) in [6.45, 7) is 0.369. The number of para-hydroxylation sites is 2. The minimum absolute atomic E-state index is 0.0232. The van der Waals surface area contributed by atoms with Crippen molar-refractivity contribution in [3.63, 3.8) is 0 Å². The molecule has 1 amide bonds. The first-order valence-corrected chi connectivity index (χ1v) is 8.21. The van der Waals surface area contributed by atoms with Crippen molar-refractivity contribution in [2.75, 3.05) is 32.8 Å². The Morgan fingerprint density at radius 2 is 1.81 bits per heavy atom. The Balaban J connectivity index is 1.88. The van der Waals surface area contributed by atoms with Crippen LogP contribution in [0.1, 0.15) is 18.4 Å². The highest BCUT2D eigenvalue weighted by molar-refractivity contribution is 5.94. The molecule has 136 valence electrons. The molecule has 0 spiro atoms. The van der Waals surface area contributed by atoms with E-state index in [0.717, 1.165) is 5.69 Å². The maximum Gasteiger partial charge on any atom is 0.226 e. The number of carbonyl (C=O) groups excluding carboxylic acids is 1. The first-order chi connectivity index (χ1) is 12.6. The van der Waals surface area contributed by atoms with Crippen molar-refractivity contribution < 1.29 is 19.0 Å². The Kier molecular flexibility index (Phi) is 6.86. The molecule has 0 aromatic heterocycles. The molecule has 0 radical (unpaired) electrons. The summed E-state index contributed by atoms with van der Waals surface area (Å²) in [7, 11) is 4.83. The lowest BCUT2D eigenvalue weighted by Crippen LogP contribution is -2.26. The lowest BCUT2D eigenvalue weighted by atomic mass is 10.2. The Morgan fingerprint density at radius 1 is 1.08 bits per heavy atom. The highest BCUT2D eigenvalue weighted by Crippen LogP contribution is 2.29. The van der Waals surface area contributed by atoms with E-state index >= 15 is 0 Å². The Labute approximate surface area is 153 Å². The minimum atomic E-state index is -0.0232. The van der Waals surface area contributed by atoms with E-state index in [1.807, 2.05) is 24.3 Å². The minimum Gasteiger partial charge on any atom is -0.495 e. The number of carbonyl (C=O) groups is 1. The third kappa shape index (κ3) is 4.67. The Morgan fingerprint density at radius 3 is 2.50 bits per heavy atom. The van der Waals surface area contributed by atoms with Gasteiger partial charge in [-0.3, -0.25) is 4.79 Å². The van der Waals surface area contributed by atoms with E-state index < -0.39 is 0 Å². The van der Waals surface area contributed by atoms with Gasteiger partial charge in [0.05, 0.1) is 38.1 Å². The summed E-state index contributed by atoms with van der Waals surface area (Å²) < 4.78 is 16.2. The summed E-state index contributed by atoms with van der Waals surface area (Å²) in [4.78, 5) is 14.0. The van der Waals surface area contributed by atoms with Crippen molar-refractivity contribution in [3.05, 3.63) is 48.0 Å². The maximum absolute atomic E-state index is 12.4. The molecule has 0 heterocycles. The molecular weight excluding hydrogens is 332 g/mol. The topological polar surface area (TPSA) is 71.8 Å². The largest absolute Gasteiger partial charge is 0.495 e. The number of benzene rings is 2. The fourth-order valence-corrected chi connectivity index (χ4v) is 2.47. The first kappa shape index (κ1) is 19.1. The molecule has 0 aliphatic rings. The van der Waals surface area contributed by atoms with E-state index in [4.69, 9.17) is 19.5 Å². The molecule has 2 rings (SSSR count). The van der Waals surface area contributed by atoms with Crippen molar-refractivity contribution >= 4 is 11.6 Å². The van der Waals surface area contributed by atoms with E-state index in [0.29, 0.717) is 42.3 Å². The van der Waals surface area contributed by atoms with Gasteiger partial charge in [-0.05, 0) is 30.7 Å². The van der Waals surface area contributed by atoms with Crippen LogP contribution in [0.5, 0.6) is 17.2 Å². The number of anilines is 1. The maximum atomic E-state index is 12.4. The predicted octanol–water partition coefficient (Wildman–Crippen LogP) is 3.40. The molecule has 2 aromatic carbocycles. The summed E-state index contributed by atoms with van der Waals surface area (Å²) in [5.74, 6) is 1.69. The molecule has 6 nitrogen and oxygen atoms in total. The van der Waals surface area contributed by atoms with Crippen LogP contribution >= 0.6 is 0 Å². The zero-order valence-electron chi connectivity index (χ0n) is 15.2. The SMILES string of the molecule is COc1cc(C#N)ccc1OCCCC(=O)N(C)c1ccccc1OC. The van der Waals surface area contributed by atoms with Crippen LogP contribution in [0, 0.1) is 11.3 Å². The molecule has 0 N–H and O–H groups in total. The van der Waals surface area contributed by atoms with Crippen LogP contribution in [0.15, 0.2) is 42.5 Å². The van der Waals surface area contributed by atoms with Gasteiger partial charge < -0.3 is 19.1 Å². The normalized spacial score (nSPS) is 9.92. The van der Waals surface area contributed by atoms with Crippen molar-refractivity contribution in [2.24, 2.45) is 0 Å². The van der Waals surface area contributed by atoms with Crippen LogP contribution in [0.25, 0.3) is 0 Å². The van der Waals surface area contributed by atoms with Gasteiger partial charge in [-0.2, -0.15) is 5.26 Å². The third-order valence-corrected chi connectivity index (χ3v) is 3.91. The average Bonchev–Trinajstić information content (AvgIpc) is 2.70. The number of rotatable bonds is 8. The lowest BCUT2D eigenvalue weighted by molar-refractivity contribution is -0.118. The zero-order chi connectivity index (χ0) is 18.9. The summed E-state index contributed by atoms with van der Waals surface area (Å²) in [5, 5.41) is 8.91. The van der Waals surface area contributed by atoms with Gasteiger partial charge in [0.2, 0.25) is 5.91 Å². The number of nitriles is 1. The number of methoxy groups -OCH3 is 2. The number of ether oxygens (including phenoxy) is 3. The second-order valence-electron chi connectivity index (χ2n) is 5.55. The Hall–Kier alpha value is -3.20. The highest BCUT2D eigenvalue weighted by atomic mass is 16.5. The van der Waals surface area contributed by atoms with E-state index in [2.05, 4.69) is 6.07 Å². The van der Waals surface area contributed by atoms with Gasteiger partial charge in [0, 0.05) is 19.5 Å². The molecule has 0 unspecified atom stereocenters. The second kappa shape index (κ2) is 9.33. The lowest BCUT2D eigenvalue weighted by Gasteiger charge is -2.20. The van der Waals surface area contributed by atoms with Gasteiger partial charge in [-0.1, -0.05) is 12.1 Å².